The van der Waals surface area contributed by atoms with E-state index in [0.717, 1.165) is 19.0 Å². The smallest absolute Gasteiger partial charge is 0.126 e. The van der Waals surface area contributed by atoms with E-state index in [9.17, 15) is 8.78 Å². The van der Waals surface area contributed by atoms with E-state index in [1.807, 2.05) is 7.05 Å². The van der Waals surface area contributed by atoms with E-state index in [0.29, 0.717) is 11.6 Å². The maximum atomic E-state index is 13.2. The SMILES string of the molecule is CNC(CCN(C)C1CCC1)c1cc(F)cc(F)c1. The average molecular weight is 268 g/mol. The van der Waals surface area contributed by atoms with Crippen molar-refractivity contribution in [3.63, 3.8) is 0 Å². The summed E-state index contributed by atoms with van der Waals surface area (Å²) in [5, 5.41) is 3.14. The Hall–Kier alpha value is -1.00. The summed E-state index contributed by atoms with van der Waals surface area (Å²) in [5.41, 5.74) is 0.682. The first-order valence-electron chi connectivity index (χ1n) is 6.93. The van der Waals surface area contributed by atoms with E-state index in [2.05, 4.69) is 17.3 Å². The van der Waals surface area contributed by atoms with Gasteiger partial charge in [-0.05, 0) is 57.6 Å². The van der Waals surface area contributed by atoms with Gasteiger partial charge in [0.2, 0.25) is 0 Å². The lowest BCUT2D eigenvalue weighted by Crippen LogP contribution is -2.38. The molecule has 0 heterocycles. The van der Waals surface area contributed by atoms with Crippen LogP contribution in [0.3, 0.4) is 0 Å². The van der Waals surface area contributed by atoms with E-state index in [1.165, 1.54) is 31.4 Å². The Morgan fingerprint density at radius 1 is 1.26 bits per heavy atom. The predicted octanol–water partition coefficient (Wildman–Crippen LogP) is 3.10. The van der Waals surface area contributed by atoms with Crippen LogP contribution in [0.1, 0.15) is 37.3 Å². The van der Waals surface area contributed by atoms with E-state index in [-0.39, 0.29) is 6.04 Å². The Balaban J connectivity index is 1.94. The summed E-state index contributed by atoms with van der Waals surface area (Å²) in [4.78, 5) is 2.35. The van der Waals surface area contributed by atoms with Crippen LogP contribution in [0.15, 0.2) is 18.2 Å². The van der Waals surface area contributed by atoms with E-state index < -0.39 is 11.6 Å². The zero-order valence-corrected chi connectivity index (χ0v) is 11.6. The van der Waals surface area contributed by atoms with Gasteiger partial charge in [-0.15, -0.1) is 0 Å². The highest BCUT2D eigenvalue weighted by Gasteiger charge is 2.22. The summed E-state index contributed by atoms with van der Waals surface area (Å²) in [6.45, 7) is 0.939. The number of hydrogen-bond acceptors (Lipinski definition) is 2. The van der Waals surface area contributed by atoms with Crippen LogP contribution in [0, 0.1) is 11.6 Å². The Morgan fingerprint density at radius 3 is 2.37 bits per heavy atom. The predicted molar refractivity (Wildman–Crippen MR) is 73.0 cm³/mol. The van der Waals surface area contributed by atoms with Crippen molar-refractivity contribution in [3.8, 4) is 0 Å². The van der Waals surface area contributed by atoms with Crippen molar-refractivity contribution < 1.29 is 8.78 Å². The first-order chi connectivity index (χ1) is 9.10. The van der Waals surface area contributed by atoms with Crippen molar-refractivity contribution in [2.75, 3.05) is 20.6 Å². The van der Waals surface area contributed by atoms with Gasteiger partial charge in [-0.3, -0.25) is 0 Å². The van der Waals surface area contributed by atoms with Crippen LogP contribution in [-0.4, -0.2) is 31.6 Å². The molecule has 1 N–H and O–H groups in total. The second kappa shape index (κ2) is 6.44. The summed E-state index contributed by atoms with van der Waals surface area (Å²) in [6.07, 6.45) is 4.72. The zero-order valence-electron chi connectivity index (χ0n) is 11.6. The first-order valence-corrected chi connectivity index (χ1v) is 6.93. The molecule has 0 bridgehead atoms. The minimum Gasteiger partial charge on any atom is -0.313 e. The average Bonchev–Trinajstić information content (AvgIpc) is 2.26. The van der Waals surface area contributed by atoms with Crippen molar-refractivity contribution in [1.82, 2.24) is 10.2 Å². The van der Waals surface area contributed by atoms with Gasteiger partial charge in [0.15, 0.2) is 0 Å². The number of nitrogens with one attached hydrogen (secondary N) is 1. The lowest BCUT2D eigenvalue weighted by Gasteiger charge is -2.35. The van der Waals surface area contributed by atoms with Gasteiger partial charge in [-0.1, -0.05) is 6.42 Å². The maximum absolute atomic E-state index is 13.2. The van der Waals surface area contributed by atoms with Gasteiger partial charge >= 0.3 is 0 Å². The van der Waals surface area contributed by atoms with Crippen molar-refractivity contribution in [2.24, 2.45) is 0 Å². The summed E-state index contributed by atoms with van der Waals surface area (Å²) < 4.78 is 26.5. The molecule has 1 fully saturated rings. The molecule has 1 saturated carbocycles. The fourth-order valence-electron chi connectivity index (χ4n) is 2.60. The number of benzene rings is 1. The normalized spacial score (nSPS) is 17.5. The van der Waals surface area contributed by atoms with Crippen LogP contribution < -0.4 is 5.32 Å². The first kappa shape index (κ1) is 14.4. The number of hydrogen-bond donors (Lipinski definition) is 1. The Labute approximate surface area is 113 Å². The molecular formula is C15H22F2N2. The van der Waals surface area contributed by atoms with Crippen molar-refractivity contribution in [1.29, 1.82) is 0 Å². The second-order valence-corrected chi connectivity index (χ2v) is 5.40. The fourth-order valence-corrected chi connectivity index (χ4v) is 2.60. The third kappa shape index (κ3) is 3.74. The third-order valence-corrected chi connectivity index (χ3v) is 4.10. The molecule has 19 heavy (non-hydrogen) atoms. The van der Waals surface area contributed by atoms with Gasteiger partial charge in [0.1, 0.15) is 11.6 Å². The number of halogens is 2. The van der Waals surface area contributed by atoms with Crippen molar-refractivity contribution in [3.05, 3.63) is 35.4 Å². The van der Waals surface area contributed by atoms with E-state index >= 15 is 0 Å². The summed E-state index contributed by atoms with van der Waals surface area (Å²) in [5.74, 6) is -1.02. The van der Waals surface area contributed by atoms with Crippen molar-refractivity contribution >= 4 is 0 Å². The van der Waals surface area contributed by atoms with Crippen LogP contribution in [0.5, 0.6) is 0 Å². The highest BCUT2D eigenvalue weighted by Crippen LogP contribution is 2.25. The molecule has 2 rings (SSSR count). The topological polar surface area (TPSA) is 15.3 Å². The van der Waals surface area contributed by atoms with Crippen LogP contribution in [0.4, 0.5) is 8.78 Å². The van der Waals surface area contributed by atoms with Gasteiger partial charge in [0, 0.05) is 18.2 Å². The molecule has 0 aliphatic heterocycles. The molecule has 0 amide bonds. The summed E-state index contributed by atoms with van der Waals surface area (Å²) in [7, 11) is 3.96. The highest BCUT2D eigenvalue weighted by atomic mass is 19.1. The summed E-state index contributed by atoms with van der Waals surface area (Å²) in [6, 6.07) is 4.42. The Morgan fingerprint density at radius 2 is 1.89 bits per heavy atom. The number of rotatable bonds is 6. The molecule has 0 spiro atoms. The van der Waals surface area contributed by atoms with Gasteiger partial charge in [-0.25, -0.2) is 8.78 Å². The largest absolute Gasteiger partial charge is 0.313 e. The van der Waals surface area contributed by atoms with Crippen LogP contribution in [0.2, 0.25) is 0 Å². The van der Waals surface area contributed by atoms with Gasteiger partial charge in [0.25, 0.3) is 0 Å². The molecule has 0 radical (unpaired) electrons. The Bertz CT molecular complexity index is 398. The van der Waals surface area contributed by atoms with E-state index in [4.69, 9.17) is 0 Å². The minimum atomic E-state index is -0.511. The van der Waals surface area contributed by atoms with Gasteiger partial charge < -0.3 is 10.2 Å². The second-order valence-electron chi connectivity index (χ2n) is 5.40. The lowest BCUT2D eigenvalue weighted by molar-refractivity contribution is 0.153. The van der Waals surface area contributed by atoms with Crippen molar-refractivity contribution in [2.45, 2.75) is 37.8 Å². The molecule has 4 heteroatoms. The molecule has 1 aliphatic rings. The molecule has 1 aromatic rings. The quantitative estimate of drug-likeness (QED) is 0.853. The van der Waals surface area contributed by atoms with Gasteiger partial charge in [-0.2, -0.15) is 0 Å². The zero-order chi connectivity index (χ0) is 13.8. The van der Waals surface area contributed by atoms with Crippen LogP contribution in [0.25, 0.3) is 0 Å². The van der Waals surface area contributed by atoms with Gasteiger partial charge in [0.05, 0.1) is 0 Å². The molecule has 1 unspecified atom stereocenters. The van der Waals surface area contributed by atoms with E-state index in [1.54, 1.807) is 0 Å². The molecule has 1 aliphatic carbocycles. The van der Waals surface area contributed by atoms with Crippen LogP contribution in [-0.2, 0) is 0 Å². The third-order valence-electron chi connectivity index (χ3n) is 4.10. The molecular weight excluding hydrogens is 246 g/mol. The fraction of sp³-hybridized carbons (Fsp3) is 0.600. The lowest BCUT2D eigenvalue weighted by atomic mass is 9.91. The van der Waals surface area contributed by atoms with Crippen LogP contribution >= 0.6 is 0 Å². The molecule has 106 valence electrons. The minimum absolute atomic E-state index is 0.00673. The molecule has 0 saturated heterocycles. The standard InChI is InChI=1S/C15H22F2N2/c1-18-15(6-7-19(2)14-4-3-5-14)11-8-12(16)10-13(17)9-11/h8-10,14-15,18H,3-7H2,1-2H3. The maximum Gasteiger partial charge on any atom is 0.126 e. The molecule has 1 aromatic carbocycles. The molecule has 1 atom stereocenters. The summed E-state index contributed by atoms with van der Waals surface area (Å²) >= 11 is 0. The molecule has 2 nitrogen and oxygen atoms in total. The Kier molecular flexibility index (Phi) is 4.88. The highest BCUT2D eigenvalue weighted by molar-refractivity contribution is 5.21. The molecule has 0 aromatic heterocycles. The number of nitrogens with zero attached hydrogens (tertiary/aromatic N) is 1. The monoisotopic (exact) mass is 268 g/mol.